The second-order valence-corrected chi connectivity index (χ2v) is 5.88. The molecule has 2 rings (SSSR count). The Morgan fingerprint density at radius 2 is 2.31 bits per heavy atom. The number of halogens is 1. The van der Waals surface area contributed by atoms with Gasteiger partial charge in [-0.2, -0.15) is 11.8 Å². The lowest BCUT2D eigenvalue weighted by molar-refractivity contribution is 0.416. The Kier molecular flexibility index (Phi) is 3.87. The number of nitrogens with one attached hydrogen (secondary N) is 1. The van der Waals surface area contributed by atoms with Crippen molar-refractivity contribution in [1.29, 1.82) is 0 Å². The molecule has 1 aliphatic heterocycles. The standard InChI is InChI=1S/C12H16ClNOS/c1-8-10(5-6-16-8)14-11-7-9(13)3-4-12(11)15-2/h3-4,7-8,10,14H,5-6H2,1-2H3. The van der Waals surface area contributed by atoms with Crippen LogP contribution in [0.5, 0.6) is 5.75 Å². The van der Waals surface area contributed by atoms with Crippen molar-refractivity contribution in [2.45, 2.75) is 24.6 Å². The zero-order valence-electron chi connectivity index (χ0n) is 9.50. The minimum Gasteiger partial charge on any atom is -0.495 e. The van der Waals surface area contributed by atoms with Crippen LogP contribution in [0.2, 0.25) is 5.02 Å². The summed E-state index contributed by atoms with van der Waals surface area (Å²) < 4.78 is 5.32. The molecule has 0 spiro atoms. The quantitative estimate of drug-likeness (QED) is 0.893. The smallest absolute Gasteiger partial charge is 0.142 e. The number of thioether (sulfide) groups is 1. The molecule has 1 aromatic rings. The van der Waals surface area contributed by atoms with E-state index in [1.807, 2.05) is 30.0 Å². The summed E-state index contributed by atoms with van der Waals surface area (Å²) in [7, 11) is 1.68. The molecule has 2 nitrogen and oxygen atoms in total. The maximum atomic E-state index is 5.99. The van der Waals surface area contributed by atoms with Crippen molar-refractivity contribution >= 4 is 29.1 Å². The first-order chi connectivity index (χ1) is 7.70. The fourth-order valence-corrected chi connectivity index (χ4v) is 3.28. The Bertz CT molecular complexity index is 372. The van der Waals surface area contributed by atoms with Crippen molar-refractivity contribution in [3.8, 4) is 5.75 Å². The van der Waals surface area contributed by atoms with E-state index < -0.39 is 0 Å². The first-order valence-corrected chi connectivity index (χ1v) is 6.85. The van der Waals surface area contributed by atoms with E-state index in [-0.39, 0.29) is 0 Å². The Morgan fingerprint density at radius 1 is 1.50 bits per heavy atom. The minimum atomic E-state index is 0.511. The zero-order chi connectivity index (χ0) is 11.5. The highest BCUT2D eigenvalue weighted by Gasteiger charge is 2.24. The van der Waals surface area contributed by atoms with Gasteiger partial charge in [0.1, 0.15) is 5.75 Å². The van der Waals surface area contributed by atoms with Crippen LogP contribution in [0.1, 0.15) is 13.3 Å². The normalized spacial score (nSPS) is 24.4. The van der Waals surface area contributed by atoms with E-state index in [0.29, 0.717) is 11.3 Å². The Hall–Kier alpha value is -0.540. The topological polar surface area (TPSA) is 21.3 Å². The predicted octanol–water partition coefficient (Wildman–Crippen LogP) is 3.65. The van der Waals surface area contributed by atoms with Gasteiger partial charge in [0.25, 0.3) is 0 Å². The third kappa shape index (κ3) is 2.58. The van der Waals surface area contributed by atoms with Crippen LogP contribution >= 0.6 is 23.4 Å². The molecule has 4 heteroatoms. The Balaban J connectivity index is 2.16. The van der Waals surface area contributed by atoms with Gasteiger partial charge >= 0.3 is 0 Å². The van der Waals surface area contributed by atoms with Gasteiger partial charge in [-0.3, -0.25) is 0 Å². The zero-order valence-corrected chi connectivity index (χ0v) is 11.1. The molecule has 0 bridgehead atoms. The highest BCUT2D eigenvalue weighted by molar-refractivity contribution is 8.00. The summed E-state index contributed by atoms with van der Waals surface area (Å²) in [6, 6.07) is 6.18. The van der Waals surface area contributed by atoms with Gasteiger partial charge in [0, 0.05) is 16.3 Å². The number of hydrogen-bond acceptors (Lipinski definition) is 3. The molecule has 0 aliphatic carbocycles. The lowest BCUT2D eigenvalue weighted by Crippen LogP contribution is -2.24. The summed E-state index contributed by atoms with van der Waals surface area (Å²) >= 11 is 8.00. The molecule has 88 valence electrons. The van der Waals surface area contributed by atoms with Gasteiger partial charge < -0.3 is 10.1 Å². The van der Waals surface area contributed by atoms with E-state index in [1.165, 1.54) is 12.2 Å². The number of methoxy groups -OCH3 is 1. The molecule has 1 fully saturated rings. The van der Waals surface area contributed by atoms with E-state index >= 15 is 0 Å². The summed E-state index contributed by atoms with van der Waals surface area (Å²) in [6.45, 7) is 2.26. The van der Waals surface area contributed by atoms with Crippen LogP contribution in [0.15, 0.2) is 18.2 Å². The molecule has 16 heavy (non-hydrogen) atoms. The number of rotatable bonds is 3. The van der Waals surface area contributed by atoms with Gasteiger partial charge in [0.2, 0.25) is 0 Å². The highest BCUT2D eigenvalue weighted by Crippen LogP contribution is 2.33. The molecule has 1 N–H and O–H groups in total. The summed E-state index contributed by atoms with van der Waals surface area (Å²) in [5.41, 5.74) is 0.995. The maximum Gasteiger partial charge on any atom is 0.142 e. The molecular weight excluding hydrogens is 242 g/mol. The number of anilines is 1. The summed E-state index contributed by atoms with van der Waals surface area (Å²) in [6.07, 6.45) is 1.20. The number of hydrogen-bond donors (Lipinski definition) is 1. The third-order valence-electron chi connectivity index (χ3n) is 2.88. The van der Waals surface area contributed by atoms with E-state index in [9.17, 15) is 0 Å². The molecule has 1 saturated heterocycles. The van der Waals surface area contributed by atoms with Gasteiger partial charge in [-0.05, 0) is 30.4 Å². The fraction of sp³-hybridized carbons (Fsp3) is 0.500. The molecule has 0 amide bonds. The van der Waals surface area contributed by atoms with E-state index in [1.54, 1.807) is 7.11 Å². The number of benzene rings is 1. The monoisotopic (exact) mass is 257 g/mol. The molecule has 2 atom stereocenters. The molecule has 1 heterocycles. The lowest BCUT2D eigenvalue weighted by atomic mass is 10.1. The SMILES string of the molecule is COc1ccc(Cl)cc1NC1CCSC1C. The van der Waals surface area contributed by atoms with Gasteiger partial charge in [-0.1, -0.05) is 18.5 Å². The van der Waals surface area contributed by atoms with Gasteiger partial charge in [-0.25, -0.2) is 0 Å². The minimum absolute atomic E-state index is 0.511. The summed E-state index contributed by atoms with van der Waals surface area (Å²) in [5, 5.41) is 4.90. The first-order valence-electron chi connectivity index (χ1n) is 5.42. The number of ether oxygens (including phenoxy) is 1. The van der Waals surface area contributed by atoms with E-state index in [0.717, 1.165) is 16.5 Å². The molecule has 2 unspecified atom stereocenters. The van der Waals surface area contributed by atoms with Crippen LogP contribution in [0.4, 0.5) is 5.69 Å². The first kappa shape index (κ1) is 11.9. The molecule has 0 saturated carbocycles. The van der Waals surface area contributed by atoms with Crippen LogP contribution in [-0.4, -0.2) is 24.2 Å². The van der Waals surface area contributed by atoms with Crippen molar-refractivity contribution in [2.75, 3.05) is 18.2 Å². The van der Waals surface area contributed by atoms with Crippen LogP contribution in [-0.2, 0) is 0 Å². The molecule has 1 aliphatic rings. The molecule has 0 radical (unpaired) electrons. The molecule has 1 aromatic carbocycles. The second-order valence-electron chi connectivity index (χ2n) is 3.96. The Morgan fingerprint density at radius 3 is 2.94 bits per heavy atom. The average molecular weight is 258 g/mol. The average Bonchev–Trinajstić information content (AvgIpc) is 2.65. The van der Waals surface area contributed by atoms with Crippen molar-refractivity contribution in [1.82, 2.24) is 0 Å². The van der Waals surface area contributed by atoms with Gasteiger partial charge in [0.15, 0.2) is 0 Å². The third-order valence-corrected chi connectivity index (χ3v) is 4.44. The van der Waals surface area contributed by atoms with Crippen molar-refractivity contribution in [3.63, 3.8) is 0 Å². The highest BCUT2D eigenvalue weighted by atomic mass is 35.5. The van der Waals surface area contributed by atoms with Crippen molar-refractivity contribution in [2.24, 2.45) is 0 Å². The van der Waals surface area contributed by atoms with Gasteiger partial charge in [0.05, 0.1) is 12.8 Å². The van der Waals surface area contributed by atoms with E-state index in [4.69, 9.17) is 16.3 Å². The van der Waals surface area contributed by atoms with Crippen LogP contribution < -0.4 is 10.1 Å². The Labute approximate surface area is 106 Å². The van der Waals surface area contributed by atoms with Crippen molar-refractivity contribution < 1.29 is 4.74 Å². The van der Waals surface area contributed by atoms with Crippen LogP contribution in [0.3, 0.4) is 0 Å². The molecular formula is C12H16ClNOS. The molecule has 0 aromatic heterocycles. The largest absolute Gasteiger partial charge is 0.495 e. The fourth-order valence-electron chi connectivity index (χ4n) is 1.91. The predicted molar refractivity (Wildman–Crippen MR) is 72.0 cm³/mol. The van der Waals surface area contributed by atoms with Crippen LogP contribution in [0, 0.1) is 0 Å². The summed E-state index contributed by atoms with van der Waals surface area (Å²) in [5.74, 6) is 2.08. The second kappa shape index (κ2) is 5.19. The summed E-state index contributed by atoms with van der Waals surface area (Å²) in [4.78, 5) is 0. The maximum absolute atomic E-state index is 5.99. The van der Waals surface area contributed by atoms with Crippen molar-refractivity contribution in [3.05, 3.63) is 23.2 Å². The van der Waals surface area contributed by atoms with Gasteiger partial charge in [-0.15, -0.1) is 0 Å². The lowest BCUT2D eigenvalue weighted by Gasteiger charge is -2.19. The van der Waals surface area contributed by atoms with E-state index in [2.05, 4.69) is 12.2 Å². The van der Waals surface area contributed by atoms with Crippen LogP contribution in [0.25, 0.3) is 0 Å².